The first-order valence-electron chi connectivity index (χ1n) is 10.1. The summed E-state index contributed by atoms with van der Waals surface area (Å²) in [5, 5.41) is 12.6. The monoisotopic (exact) mass is 472 g/mol. The van der Waals surface area contributed by atoms with E-state index in [1.54, 1.807) is 17.0 Å². The van der Waals surface area contributed by atoms with E-state index in [2.05, 4.69) is 10.1 Å². The molecule has 0 saturated carbocycles. The summed E-state index contributed by atoms with van der Waals surface area (Å²) in [5.41, 5.74) is 0.787. The Morgan fingerprint density at radius 2 is 2.06 bits per heavy atom. The molecule has 7 nitrogen and oxygen atoms in total. The molecule has 1 aliphatic heterocycles. The van der Waals surface area contributed by atoms with Crippen molar-refractivity contribution in [3.63, 3.8) is 0 Å². The van der Waals surface area contributed by atoms with Gasteiger partial charge in [0.2, 0.25) is 0 Å². The maximum atomic E-state index is 13.6. The summed E-state index contributed by atoms with van der Waals surface area (Å²) >= 11 is 0. The lowest BCUT2D eigenvalue weighted by molar-refractivity contribution is -0.274. The molecule has 11 heteroatoms. The number of anilines is 1. The molecular weight excluding hydrogens is 448 g/mol. The molecule has 0 bridgehead atoms. The van der Waals surface area contributed by atoms with Gasteiger partial charge in [-0.25, -0.2) is 9.18 Å². The number of alkyl halides is 3. The Labute approximate surface area is 187 Å². The van der Waals surface area contributed by atoms with Crippen LogP contribution in [0.3, 0.4) is 0 Å². The van der Waals surface area contributed by atoms with E-state index in [1.807, 2.05) is 6.92 Å². The Balaban J connectivity index is 1.68. The molecular formula is C22H24F4N2O5. The summed E-state index contributed by atoms with van der Waals surface area (Å²) in [4.78, 5) is 13.1. The number of hydrogen-bond acceptors (Lipinski definition) is 6. The number of rotatable bonds is 8. The topological polar surface area (TPSA) is 80.3 Å². The highest BCUT2D eigenvalue weighted by atomic mass is 19.4. The standard InChI is InChI=1S/C22H24F4N2O5/c1-13(14-3-4-19(23)20(9-14)31-2)27-11-18-12-28(5-6-32-18)16-7-15(21(29)30)8-17(10-16)33-22(24,25)26/h3-4,7-10,13,18,27H,5-6,11-12H2,1-2H3,(H,29,30)/t13-,18?/m1/s1. The Kier molecular flexibility index (Phi) is 7.65. The zero-order valence-electron chi connectivity index (χ0n) is 18.0. The van der Waals surface area contributed by atoms with Crippen LogP contribution in [0.2, 0.25) is 0 Å². The van der Waals surface area contributed by atoms with Gasteiger partial charge >= 0.3 is 12.3 Å². The van der Waals surface area contributed by atoms with Crippen molar-refractivity contribution >= 4 is 11.7 Å². The number of morpholine rings is 1. The van der Waals surface area contributed by atoms with Crippen LogP contribution in [0.4, 0.5) is 23.2 Å². The van der Waals surface area contributed by atoms with Gasteiger partial charge in [0.15, 0.2) is 11.6 Å². The molecule has 3 rings (SSSR count). The van der Waals surface area contributed by atoms with Crippen molar-refractivity contribution < 1.29 is 41.7 Å². The van der Waals surface area contributed by atoms with E-state index in [0.717, 1.165) is 17.7 Å². The largest absolute Gasteiger partial charge is 0.573 e. The van der Waals surface area contributed by atoms with Gasteiger partial charge in [-0.05, 0) is 36.8 Å². The normalized spacial score (nSPS) is 17.5. The minimum absolute atomic E-state index is 0.136. The summed E-state index contributed by atoms with van der Waals surface area (Å²) in [5.74, 6) is -2.29. The average Bonchev–Trinajstić information content (AvgIpc) is 2.76. The molecule has 2 aromatic rings. The number of methoxy groups -OCH3 is 1. The lowest BCUT2D eigenvalue weighted by atomic mass is 10.1. The number of carboxylic acid groups (broad SMARTS) is 1. The maximum Gasteiger partial charge on any atom is 0.573 e. The molecule has 2 N–H and O–H groups in total. The summed E-state index contributed by atoms with van der Waals surface area (Å²) in [6, 6.07) is 7.70. The SMILES string of the molecule is COc1cc([C@@H](C)NCC2CN(c3cc(OC(F)(F)F)cc(C(=O)O)c3)CCO2)ccc1F. The number of carboxylic acids is 1. The molecule has 0 aliphatic carbocycles. The third kappa shape index (κ3) is 6.72. The summed E-state index contributed by atoms with van der Waals surface area (Å²) in [6.45, 7) is 3.29. The Morgan fingerprint density at radius 3 is 2.73 bits per heavy atom. The summed E-state index contributed by atoms with van der Waals surface area (Å²) in [7, 11) is 1.38. The lowest BCUT2D eigenvalue weighted by Crippen LogP contribution is -2.47. The minimum Gasteiger partial charge on any atom is -0.494 e. The summed E-state index contributed by atoms with van der Waals surface area (Å²) < 4.78 is 66.3. The fraction of sp³-hybridized carbons (Fsp3) is 0.409. The van der Waals surface area contributed by atoms with Crippen molar-refractivity contribution in [2.45, 2.75) is 25.4 Å². The first-order valence-corrected chi connectivity index (χ1v) is 10.1. The third-order valence-electron chi connectivity index (χ3n) is 5.20. The molecule has 1 aliphatic rings. The van der Waals surface area contributed by atoms with Crippen LogP contribution in [0.1, 0.15) is 28.9 Å². The predicted molar refractivity (Wildman–Crippen MR) is 111 cm³/mol. The van der Waals surface area contributed by atoms with Crippen molar-refractivity contribution in [2.75, 3.05) is 38.3 Å². The Bertz CT molecular complexity index is 986. The van der Waals surface area contributed by atoms with Gasteiger partial charge in [0.25, 0.3) is 0 Å². The zero-order valence-corrected chi connectivity index (χ0v) is 18.0. The van der Waals surface area contributed by atoms with E-state index in [0.29, 0.717) is 31.9 Å². The predicted octanol–water partition coefficient (Wildman–Crippen LogP) is 3.99. The van der Waals surface area contributed by atoms with Gasteiger partial charge in [-0.2, -0.15) is 0 Å². The first-order chi connectivity index (χ1) is 15.6. The Morgan fingerprint density at radius 1 is 1.30 bits per heavy atom. The van der Waals surface area contributed by atoms with Crippen LogP contribution in [0.5, 0.6) is 11.5 Å². The van der Waals surface area contributed by atoms with E-state index in [-0.39, 0.29) is 23.5 Å². The molecule has 0 aromatic heterocycles. The smallest absolute Gasteiger partial charge is 0.494 e. The van der Waals surface area contributed by atoms with Gasteiger partial charge in [0, 0.05) is 37.4 Å². The summed E-state index contributed by atoms with van der Waals surface area (Å²) in [6.07, 6.45) is -5.26. The van der Waals surface area contributed by atoms with Crippen molar-refractivity contribution in [2.24, 2.45) is 0 Å². The molecule has 1 unspecified atom stereocenters. The van der Waals surface area contributed by atoms with E-state index in [4.69, 9.17) is 9.47 Å². The van der Waals surface area contributed by atoms with Crippen LogP contribution in [-0.2, 0) is 4.74 Å². The second-order valence-electron chi connectivity index (χ2n) is 7.53. The maximum absolute atomic E-state index is 13.6. The van der Waals surface area contributed by atoms with Gasteiger partial charge in [-0.15, -0.1) is 13.2 Å². The Hall–Kier alpha value is -3.05. The van der Waals surface area contributed by atoms with Crippen molar-refractivity contribution in [1.29, 1.82) is 0 Å². The number of hydrogen-bond donors (Lipinski definition) is 2. The van der Waals surface area contributed by atoms with Crippen molar-refractivity contribution in [3.8, 4) is 11.5 Å². The fourth-order valence-corrected chi connectivity index (χ4v) is 3.53. The molecule has 180 valence electrons. The van der Waals surface area contributed by atoms with Gasteiger partial charge in [-0.3, -0.25) is 0 Å². The van der Waals surface area contributed by atoms with Crippen LogP contribution in [0.25, 0.3) is 0 Å². The van der Waals surface area contributed by atoms with Gasteiger partial charge < -0.3 is 29.5 Å². The van der Waals surface area contributed by atoms with Crippen LogP contribution in [0, 0.1) is 5.82 Å². The highest BCUT2D eigenvalue weighted by Gasteiger charge is 2.32. The number of ether oxygens (including phenoxy) is 3. The van der Waals surface area contributed by atoms with Crippen LogP contribution < -0.4 is 19.7 Å². The molecule has 1 saturated heterocycles. The average molecular weight is 472 g/mol. The molecule has 1 heterocycles. The van der Waals surface area contributed by atoms with Crippen molar-refractivity contribution in [1.82, 2.24) is 5.32 Å². The van der Waals surface area contributed by atoms with Gasteiger partial charge in [0.05, 0.1) is 25.4 Å². The highest BCUT2D eigenvalue weighted by molar-refractivity contribution is 5.89. The van der Waals surface area contributed by atoms with Crippen LogP contribution in [-0.4, -0.2) is 56.9 Å². The lowest BCUT2D eigenvalue weighted by Gasteiger charge is -2.35. The zero-order chi connectivity index (χ0) is 24.2. The highest BCUT2D eigenvalue weighted by Crippen LogP contribution is 2.30. The van der Waals surface area contributed by atoms with Gasteiger partial charge in [0.1, 0.15) is 5.75 Å². The van der Waals surface area contributed by atoms with E-state index < -0.39 is 23.9 Å². The molecule has 1 fully saturated rings. The number of nitrogens with zero attached hydrogens (tertiary/aromatic N) is 1. The molecule has 2 atom stereocenters. The number of halogens is 4. The van der Waals surface area contributed by atoms with Crippen LogP contribution >= 0.6 is 0 Å². The van der Waals surface area contributed by atoms with E-state index in [9.17, 15) is 27.5 Å². The van der Waals surface area contributed by atoms with Crippen molar-refractivity contribution in [3.05, 3.63) is 53.3 Å². The van der Waals surface area contributed by atoms with Gasteiger partial charge in [-0.1, -0.05) is 6.07 Å². The van der Waals surface area contributed by atoms with E-state index >= 15 is 0 Å². The molecule has 33 heavy (non-hydrogen) atoms. The minimum atomic E-state index is -4.94. The number of carbonyl (C=O) groups is 1. The quantitative estimate of drug-likeness (QED) is 0.563. The molecule has 0 amide bonds. The van der Waals surface area contributed by atoms with Crippen LogP contribution in [0.15, 0.2) is 36.4 Å². The second kappa shape index (κ2) is 10.3. The third-order valence-corrected chi connectivity index (χ3v) is 5.20. The number of aromatic carboxylic acids is 1. The first kappa shape index (κ1) is 24.6. The second-order valence-corrected chi connectivity index (χ2v) is 7.53. The molecule has 0 radical (unpaired) electrons. The fourth-order valence-electron chi connectivity index (χ4n) is 3.53. The molecule has 2 aromatic carbocycles. The number of nitrogens with one attached hydrogen (secondary N) is 1. The molecule has 0 spiro atoms. The van der Waals surface area contributed by atoms with E-state index in [1.165, 1.54) is 19.2 Å². The number of benzene rings is 2.